The quantitative estimate of drug-likeness (QED) is 0.0914. The summed E-state index contributed by atoms with van der Waals surface area (Å²) in [5.41, 5.74) is 8.81. The maximum absolute atomic E-state index is 13.4. The van der Waals surface area contributed by atoms with E-state index in [1.54, 1.807) is 18.3 Å². The Kier molecular flexibility index (Phi) is 10.4. The summed E-state index contributed by atoms with van der Waals surface area (Å²) < 4.78 is 0. The molecule has 43 heavy (non-hydrogen) atoms. The van der Waals surface area contributed by atoms with Crippen LogP contribution in [0, 0.1) is 0 Å². The first-order valence-electron chi connectivity index (χ1n) is 13.4. The first-order valence-corrected chi connectivity index (χ1v) is 14.1. The van der Waals surface area contributed by atoms with Gasteiger partial charge in [-0.2, -0.15) is 12.6 Å². The summed E-state index contributed by atoms with van der Waals surface area (Å²) in [5, 5.41) is 27.9. The molecule has 13 nitrogen and oxygen atoms in total. The lowest BCUT2D eigenvalue weighted by Gasteiger charge is -2.24. The Hall–Kier alpha value is -4.82. The van der Waals surface area contributed by atoms with Gasteiger partial charge in [-0.15, -0.1) is 0 Å². The van der Waals surface area contributed by atoms with Crippen molar-refractivity contribution in [3.8, 4) is 5.75 Å². The number of aliphatic carboxylic acids is 1. The molecule has 4 atom stereocenters. The number of imidazole rings is 1. The van der Waals surface area contributed by atoms with E-state index in [4.69, 9.17) is 5.73 Å². The van der Waals surface area contributed by atoms with Gasteiger partial charge in [-0.3, -0.25) is 14.4 Å². The molecule has 9 N–H and O–H groups in total. The van der Waals surface area contributed by atoms with Crippen molar-refractivity contribution in [2.24, 2.45) is 5.73 Å². The molecule has 0 saturated heterocycles. The van der Waals surface area contributed by atoms with Crippen LogP contribution in [-0.4, -0.2) is 78.8 Å². The molecule has 14 heteroatoms. The Morgan fingerprint density at radius 3 is 2.21 bits per heavy atom. The van der Waals surface area contributed by atoms with Crippen LogP contribution in [0.3, 0.4) is 0 Å². The number of rotatable bonds is 14. The molecule has 4 unspecified atom stereocenters. The smallest absolute Gasteiger partial charge is 0.326 e. The average molecular weight is 608 g/mol. The van der Waals surface area contributed by atoms with Crippen molar-refractivity contribution in [3.05, 3.63) is 84.1 Å². The Morgan fingerprint density at radius 2 is 1.53 bits per heavy atom. The fourth-order valence-corrected chi connectivity index (χ4v) is 4.80. The van der Waals surface area contributed by atoms with E-state index in [1.807, 2.05) is 24.3 Å². The molecule has 2 aromatic carbocycles. The predicted molar refractivity (Wildman–Crippen MR) is 161 cm³/mol. The monoisotopic (exact) mass is 607 g/mol. The minimum Gasteiger partial charge on any atom is -0.508 e. The summed E-state index contributed by atoms with van der Waals surface area (Å²) in [5.74, 6) is -3.31. The lowest BCUT2D eigenvalue weighted by molar-refractivity contribution is -0.142. The van der Waals surface area contributed by atoms with Crippen LogP contribution in [0.4, 0.5) is 0 Å². The Morgan fingerprint density at radius 1 is 0.860 bits per heavy atom. The largest absolute Gasteiger partial charge is 0.508 e. The van der Waals surface area contributed by atoms with E-state index in [0.717, 1.165) is 10.9 Å². The molecule has 4 aromatic rings. The fourth-order valence-electron chi connectivity index (χ4n) is 4.54. The number of aromatic nitrogens is 3. The number of phenols is 1. The molecule has 0 bridgehead atoms. The molecule has 4 rings (SSSR count). The summed E-state index contributed by atoms with van der Waals surface area (Å²) in [4.78, 5) is 61.4. The van der Waals surface area contributed by atoms with Gasteiger partial charge in [0.1, 0.15) is 23.9 Å². The standard InChI is InChI=1S/C29H33N7O6S/c30-21(9-16-5-7-19(37)8-6-16)26(38)36-25(14-43)28(40)34-23(11-18-13-31-15-33-18)27(39)35-24(29(41)42)10-17-12-32-22-4-2-1-3-20(17)22/h1-8,12-13,15,21,23-25,32,37,43H,9-11,14,30H2,(H,31,33)(H,34,40)(H,35,39)(H,36,38)(H,41,42). The molecule has 0 aliphatic rings. The summed E-state index contributed by atoms with van der Waals surface area (Å²) in [6.45, 7) is 0. The summed E-state index contributed by atoms with van der Waals surface area (Å²) in [7, 11) is 0. The third kappa shape index (κ3) is 8.36. The van der Waals surface area contributed by atoms with Gasteiger partial charge in [0.05, 0.1) is 12.4 Å². The highest BCUT2D eigenvalue weighted by Crippen LogP contribution is 2.19. The number of nitrogens with one attached hydrogen (secondary N) is 5. The number of nitrogens with two attached hydrogens (primary N) is 1. The zero-order valence-corrected chi connectivity index (χ0v) is 23.9. The van der Waals surface area contributed by atoms with Crippen molar-refractivity contribution in [3.63, 3.8) is 0 Å². The molecule has 0 aliphatic heterocycles. The van der Waals surface area contributed by atoms with Crippen LogP contribution in [0.5, 0.6) is 5.75 Å². The first kappa shape index (κ1) is 31.1. The highest BCUT2D eigenvalue weighted by Gasteiger charge is 2.31. The van der Waals surface area contributed by atoms with Crippen LogP contribution in [0.2, 0.25) is 0 Å². The second-order valence-corrected chi connectivity index (χ2v) is 10.4. The maximum Gasteiger partial charge on any atom is 0.326 e. The van der Waals surface area contributed by atoms with Gasteiger partial charge in [-0.25, -0.2) is 9.78 Å². The lowest BCUT2D eigenvalue weighted by atomic mass is 10.0. The molecule has 0 saturated carbocycles. The summed E-state index contributed by atoms with van der Waals surface area (Å²) in [6, 6.07) is 8.99. The van der Waals surface area contributed by atoms with Crippen molar-refractivity contribution >= 4 is 47.2 Å². The van der Waals surface area contributed by atoms with E-state index in [9.17, 15) is 29.4 Å². The zero-order valence-electron chi connectivity index (χ0n) is 23.0. The van der Waals surface area contributed by atoms with E-state index in [2.05, 4.69) is 43.5 Å². The van der Waals surface area contributed by atoms with E-state index in [1.165, 1.54) is 24.7 Å². The van der Waals surface area contributed by atoms with Crippen LogP contribution >= 0.6 is 12.6 Å². The van der Waals surface area contributed by atoms with E-state index in [-0.39, 0.29) is 30.8 Å². The van der Waals surface area contributed by atoms with Crippen LogP contribution in [-0.2, 0) is 38.4 Å². The number of nitrogens with zero attached hydrogens (tertiary/aromatic N) is 1. The number of fused-ring (bicyclic) bond motifs is 1. The summed E-state index contributed by atoms with van der Waals surface area (Å²) in [6.07, 6.45) is 4.73. The average Bonchev–Trinajstić information content (AvgIpc) is 3.66. The van der Waals surface area contributed by atoms with E-state index < -0.39 is 47.9 Å². The Labute approximate surface area is 252 Å². The van der Waals surface area contributed by atoms with Crippen molar-refractivity contribution in [2.45, 2.75) is 43.4 Å². The van der Waals surface area contributed by atoms with Gasteiger partial charge < -0.3 is 41.9 Å². The topological polar surface area (TPSA) is 215 Å². The third-order valence-electron chi connectivity index (χ3n) is 6.87. The van der Waals surface area contributed by atoms with Gasteiger partial charge in [0.15, 0.2) is 0 Å². The van der Waals surface area contributed by atoms with Crippen LogP contribution in [0.1, 0.15) is 16.8 Å². The molecule has 2 aromatic heterocycles. The highest BCUT2D eigenvalue weighted by atomic mass is 32.1. The highest BCUT2D eigenvalue weighted by molar-refractivity contribution is 7.80. The van der Waals surface area contributed by atoms with Crippen molar-refractivity contribution < 1.29 is 29.4 Å². The van der Waals surface area contributed by atoms with Crippen molar-refractivity contribution in [2.75, 3.05) is 5.75 Å². The van der Waals surface area contributed by atoms with Gasteiger partial charge in [0.25, 0.3) is 0 Å². The predicted octanol–water partition coefficient (Wildman–Crippen LogP) is 0.421. The minimum atomic E-state index is -1.29. The summed E-state index contributed by atoms with van der Waals surface area (Å²) >= 11 is 4.19. The van der Waals surface area contributed by atoms with Crippen LogP contribution < -0.4 is 21.7 Å². The van der Waals surface area contributed by atoms with Crippen molar-refractivity contribution in [1.82, 2.24) is 30.9 Å². The molecular weight excluding hydrogens is 574 g/mol. The molecule has 2 heterocycles. The number of thiol groups is 1. The number of benzene rings is 2. The van der Waals surface area contributed by atoms with Crippen LogP contribution in [0.15, 0.2) is 67.3 Å². The van der Waals surface area contributed by atoms with Gasteiger partial charge in [0.2, 0.25) is 17.7 Å². The molecule has 0 spiro atoms. The number of para-hydroxylation sites is 1. The van der Waals surface area contributed by atoms with E-state index in [0.29, 0.717) is 16.8 Å². The zero-order chi connectivity index (χ0) is 30.9. The second-order valence-electron chi connectivity index (χ2n) is 10.0. The number of carbonyl (C=O) groups is 4. The Bertz CT molecular complexity index is 1560. The minimum absolute atomic E-state index is 0.00402. The van der Waals surface area contributed by atoms with Crippen LogP contribution in [0.25, 0.3) is 10.9 Å². The molecule has 0 fully saturated rings. The number of amides is 3. The van der Waals surface area contributed by atoms with E-state index >= 15 is 0 Å². The SMILES string of the molecule is NC(Cc1ccc(O)cc1)C(=O)NC(CS)C(=O)NC(Cc1cnc[nH]1)C(=O)NC(Cc1c[nH]c2ccccc12)C(=O)O. The van der Waals surface area contributed by atoms with Gasteiger partial charge in [-0.1, -0.05) is 30.3 Å². The first-order chi connectivity index (χ1) is 20.6. The molecule has 226 valence electrons. The van der Waals surface area contributed by atoms with Gasteiger partial charge in [-0.05, 0) is 35.7 Å². The molecule has 0 aliphatic carbocycles. The molecule has 0 radical (unpaired) electrons. The van der Waals surface area contributed by atoms with Gasteiger partial charge in [0, 0.05) is 47.6 Å². The number of aromatic amines is 2. The maximum atomic E-state index is 13.4. The number of H-pyrrole nitrogens is 2. The second kappa shape index (κ2) is 14.4. The molecule has 3 amide bonds. The number of hydrogen-bond acceptors (Lipinski definition) is 8. The van der Waals surface area contributed by atoms with Gasteiger partial charge >= 0.3 is 5.97 Å². The number of hydrogen-bond donors (Lipinski definition) is 9. The number of carboxylic acids is 1. The number of aromatic hydroxyl groups is 1. The van der Waals surface area contributed by atoms with Crippen molar-refractivity contribution in [1.29, 1.82) is 0 Å². The normalized spacial score (nSPS) is 13.9. The number of carbonyl (C=O) groups excluding carboxylic acids is 3. The molecular formula is C29H33N7O6S. The fraction of sp³-hybridized carbons (Fsp3) is 0.276. The number of phenolic OH excluding ortho intramolecular Hbond substituents is 1. The third-order valence-corrected chi connectivity index (χ3v) is 7.23. The number of carboxylic acid groups (broad SMARTS) is 1. The lowest BCUT2D eigenvalue weighted by Crippen LogP contribution is -2.58. The Balaban J connectivity index is 1.43.